The first-order chi connectivity index (χ1) is 20.6. The molecule has 0 bridgehead atoms. The average Bonchev–Trinajstić information content (AvgIpc) is 2.95. The van der Waals surface area contributed by atoms with Crippen LogP contribution < -0.4 is 5.32 Å². The molecule has 4 aromatic rings. The monoisotopic (exact) mass is 638 g/mol. The van der Waals surface area contributed by atoms with Gasteiger partial charge in [-0.3, -0.25) is 14.6 Å². The molecule has 0 saturated heterocycles. The number of benzene rings is 3. The van der Waals surface area contributed by atoms with Crippen molar-refractivity contribution in [1.29, 1.82) is 0 Å². The Morgan fingerprint density at radius 3 is 2.16 bits per heavy atom. The number of nitrogens with one attached hydrogen (secondary N) is 1. The smallest absolute Gasteiger partial charge is 0.417 e. The fraction of sp³-hybridized carbons (Fsp3) is 0.194. The highest BCUT2D eigenvalue weighted by molar-refractivity contribution is 6.30. The Labute approximate surface area is 251 Å². The zero-order chi connectivity index (χ0) is 32.2. The standard InChI is InChI=1S/C31H22ClF7N2O3/c32-20-7-9-23(26(33)13-20)22-10-8-21(14-25(22)31(37,38)39)40-15-17-4-6-19(30(34,35)36)12-24(17)18-5-11-27(41-16-18)28(42)2-1-3-29(43)44/h4-14,16,40H,1-3,15H2,(H,43,44). The fourth-order valence-corrected chi connectivity index (χ4v) is 4.61. The molecule has 0 aliphatic carbocycles. The molecule has 1 aromatic heterocycles. The first-order valence-corrected chi connectivity index (χ1v) is 13.3. The largest absolute Gasteiger partial charge is 0.481 e. The molecular formula is C31H22ClF7N2O3. The maximum Gasteiger partial charge on any atom is 0.417 e. The van der Waals surface area contributed by atoms with E-state index in [1.807, 2.05) is 0 Å². The van der Waals surface area contributed by atoms with Crippen LogP contribution in [0.3, 0.4) is 0 Å². The van der Waals surface area contributed by atoms with Crippen molar-refractivity contribution in [3.63, 3.8) is 0 Å². The summed E-state index contributed by atoms with van der Waals surface area (Å²) in [5.41, 5.74) is -2.31. The van der Waals surface area contributed by atoms with Crippen LogP contribution in [0.15, 0.2) is 72.9 Å². The second kappa shape index (κ2) is 13.0. The molecule has 3 aromatic carbocycles. The number of carboxylic acid groups (broad SMARTS) is 1. The van der Waals surface area contributed by atoms with Crippen LogP contribution >= 0.6 is 11.6 Å². The van der Waals surface area contributed by atoms with Gasteiger partial charge in [0.05, 0.1) is 11.1 Å². The van der Waals surface area contributed by atoms with Gasteiger partial charge in [0.15, 0.2) is 5.78 Å². The molecule has 0 unspecified atom stereocenters. The molecule has 0 aliphatic heterocycles. The van der Waals surface area contributed by atoms with E-state index in [4.69, 9.17) is 16.7 Å². The van der Waals surface area contributed by atoms with Crippen molar-refractivity contribution in [2.45, 2.75) is 38.2 Å². The van der Waals surface area contributed by atoms with Gasteiger partial charge in [0, 0.05) is 47.4 Å². The number of ketones is 1. The Bertz CT molecular complexity index is 1690. The van der Waals surface area contributed by atoms with Gasteiger partial charge in [0.2, 0.25) is 0 Å². The highest BCUT2D eigenvalue weighted by Gasteiger charge is 2.35. The minimum atomic E-state index is -4.86. The van der Waals surface area contributed by atoms with E-state index in [0.717, 1.165) is 36.4 Å². The number of carboxylic acids is 1. The number of Topliss-reactive ketones (excluding diaryl/α,β-unsaturated/α-hetero) is 1. The van der Waals surface area contributed by atoms with Crippen molar-refractivity contribution >= 4 is 29.0 Å². The number of rotatable bonds is 10. The molecule has 0 atom stereocenters. The third-order valence-corrected chi connectivity index (χ3v) is 6.86. The number of hydrogen-bond acceptors (Lipinski definition) is 4. The minimum Gasteiger partial charge on any atom is -0.481 e. The summed E-state index contributed by atoms with van der Waals surface area (Å²) < 4.78 is 97.0. The van der Waals surface area contributed by atoms with Gasteiger partial charge in [-0.05, 0) is 71.6 Å². The van der Waals surface area contributed by atoms with Gasteiger partial charge in [-0.2, -0.15) is 26.3 Å². The van der Waals surface area contributed by atoms with E-state index in [0.29, 0.717) is 0 Å². The highest BCUT2D eigenvalue weighted by atomic mass is 35.5. The van der Waals surface area contributed by atoms with Crippen LogP contribution in [0, 0.1) is 5.82 Å². The Balaban J connectivity index is 1.64. The van der Waals surface area contributed by atoms with Gasteiger partial charge in [-0.15, -0.1) is 0 Å². The SMILES string of the molecule is O=C(O)CCCC(=O)c1ccc(-c2cc(C(F)(F)F)ccc2CNc2ccc(-c3ccc(Cl)cc3F)c(C(F)(F)F)c2)cn1. The zero-order valence-electron chi connectivity index (χ0n) is 22.5. The Kier molecular flexibility index (Phi) is 9.62. The maximum atomic E-state index is 14.5. The summed E-state index contributed by atoms with van der Waals surface area (Å²) in [6.07, 6.45) is -8.57. The van der Waals surface area contributed by atoms with Crippen LogP contribution in [0.25, 0.3) is 22.3 Å². The van der Waals surface area contributed by atoms with Crippen LogP contribution in [-0.4, -0.2) is 21.8 Å². The van der Waals surface area contributed by atoms with Crippen molar-refractivity contribution in [1.82, 2.24) is 4.98 Å². The van der Waals surface area contributed by atoms with E-state index in [2.05, 4.69) is 10.3 Å². The number of carbonyl (C=O) groups is 2. The van der Waals surface area contributed by atoms with Gasteiger partial charge in [0.25, 0.3) is 0 Å². The van der Waals surface area contributed by atoms with Gasteiger partial charge >= 0.3 is 18.3 Å². The van der Waals surface area contributed by atoms with Crippen LogP contribution in [0.2, 0.25) is 5.02 Å². The molecular weight excluding hydrogens is 617 g/mol. The molecule has 13 heteroatoms. The van der Waals surface area contributed by atoms with Gasteiger partial charge in [-0.25, -0.2) is 4.39 Å². The first kappa shape index (κ1) is 32.5. The highest BCUT2D eigenvalue weighted by Crippen LogP contribution is 2.40. The summed E-state index contributed by atoms with van der Waals surface area (Å²) in [7, 11) is 0. The van der Waals surface area contributed by atoms with E-state index in [-0.39, 0.29) is 64.5 Å². The topological polar surface area (TPSA) is 79.3 Å². The summed E-state index contributed by atoms with van der Waals surface area (Å²) in [5.74, 6) is -2.45. The molecule has 0 amide bonds. The summed E-state index contributed by atoms with van der Waals surface area (Å²) in [5, 5.41) is 11.5. The van der Waals surface area contributed by atoms with Gasteiger partial charge in [-0.1, -0.05) is 29.8 Å². The van der Waals surface area contributed by atoms with Gasteiger partial charge < -0.3 is 10.4 Å². The lowest BCUT2D eigenvalue weighted by molar-refractivity contribution is -0.138. The average molecular weight is 639 g/mol. The predicted octanol–water partition coefficient (Wildman–Crippen LogP) is 9.30. The number of pyridine rings is 1. The molecule has 0 aliphatic rings. The van der Waals surface area contributed by atoms with Crippen molar-refractivity contribution in [3.05, 3.63) is 106 Å². The molecule has 0 saturated carbocycles. The summed E-state index contributed by atoms with van der Waals surface area (Å²) in [6.45, 7) is -0.199. The third kappa shape index (κ3) is 7.93. The van der Waals surface area contributed by atoms with Crippen molar-refractivity contribution in [2.24, 2.45) is 0 Å². The van der Waals surface area contributed by atoms with Crippen molar-refractivity contribution < 1.29 is 45.4 Å². The lowest BCUT2D eigenvalue weighted by Gasteiger charge is -2.18. The van der Waals surface area contributed by atoms with Crippen molar-refractivity contribution in [2.75, 3.05) is 5.32 Å². The van der Waals surface area contributed by atoms with E-state index >= 15 is 0 Å². The van der Waals surface area contributed by atoms with Crippen LogP contribution in [-0.2, 0) is 23.7 Å². The first-order valence-electron chi connectivity index (χ1n) is 13.0. The summed E-state index contributed by atoms with van der Waals surface area (Å²) >= 11 is 5.73. The fourth-order valence-electron chi connectivity index (χ4n) is 4.45. The second-order valence-electron chi connectivity index (χ2n) is 9.71. The number of aliphatic carboxylic acids is 1. The van der Waals surface area contributed by atoms with E-state index in [1.165, 1.54) is 36.5 Å². The molecule has 0 spiro atoms. The van der Waals surface area contributed by atoms with Crippen molar-refractivity contribution in [3.8, 4) is 22.3 Å². The summed E-state index contributed by atoms with van der Waals surface area (Å²) in [6, 6.07) is 12.0. The second-order valence-corrected chi connectivity index (χ2v) is 10.1. The van der Waals surface area contributed by atoms with Crippen LogP contribution in [0.5, 0.6) is 0 Å². The quantitative estimate of drug-likeness (QED) is 0.134. The van der Waals surface area contributed by atoms with Crippen LogP contribution in [0.4, 0.5) is 36.4 Å². The number of hydrogen-bond donors (Lipinski definition) is 2. The molecule has 44 heavy (non-hydrogen) atoms. The van der Waals surface area contributed by atoms with E-state index in [1.54, 1.807) is 0 Å². The Morgan fingerprint density at radius 2 is 1.55 bits per heavy atom. The normalized spacial score (nSPS) is 11.8. The van der Waals surface area contributed by atoms with E-state index in [9.17, 15) is 40.3 Å². The summed E-state index contributed by atoms with van der Waals surface area (Å²) in [4.78, 5) is 27.0. The maximum absolute atomic E-state index is 14.5. The molecule has 230 valence electrons. The predicted molar refractivity (Wildman–Crippen MR) is 150 cm³/mol. The molecule has 0 radical (unpaired) electrons. The number of alkyl halides is 6. The lowest BCUT2D eigenvalue weighted by atomic mass is 9.96. The lowest BCUT2D eigenvalue weighted by Crippen LogP contribution is -2.10. The Hall–Kier alpha value is -4.45. The third-order valence-electron chi connectivity index (χ3n) is 6.62. The number of halogens is 8. The molecule has 2 N–H and O–H groups in total. The number of nitrogens with zero attached hydrogens (tertiary/aromatic N) is 1. The Morgan fingerprint density at radius 1 is 0.818 bits per heavy atom. The van der Waals surface area contributed by atoms with Crippen LogP contribution in [0.1, 0.15) is 46.4 Å². The zero-order valence-corrected chi connectivity index (χ0v) is 23.2. The molecule has 1 heterocycles. The molecule has 4 rings (SSSR count). The number of anilines is 1. The molecule has 0 fully saturated rings. The number of carbonyl (C=O) groups excluding carboxylic acids is 1. The number of aromatic nitrogens is 1. The minimum absolute atomic E-state index is 0.00248. The van der Waals surface area contributed by atoms with Gasteiger partial charge in [0.1, 0.15) is 11.5 Å². The van der Waals surface area contributed by atoms with E-state index < -0.39 is 46.6 Å². The molecule has 5 nitrogen and oxygen atoms in total.